The van der Waals surface area contributed by atoms with Crippen LogP contribution in [0.4, 0.5) is 11.4 Å². The van der Waals surface area contributed by atoms with Crippen molar-refractivity contribution >= 4 is 50.5 Å². The van der Waals surface area contributed by atoms with Crippen LogP contribution in [0.25, 0.3) is 0 Å². The Labute approximate surface area is 211 Å². The van der Waals surface area contributed by atoms with Crippen molar-refractivity contribution in [2.75, 3.05) is 56.5 Å². The lowest BCUT2D eigenvalue weighted by Gasteiger charge is -2.34. The number of nitrogens with zero attached hydrogens (tertiary/aromatic N) is 3. The fourth-order valence-corrected chi connectivity index (χ4v) is 6.78. The van der Waals surface area contributed by atoms with E-state index in [0.717, 1.165) is 31.9 Å². The highest BCUT2D eigenvalue weighted by molar-refractivity contribution is 7.88. The van der Waals surface area contributed by atoms with Crippen LogP contribution in [0.15, 0.2) is 42.5 Å². The maximum Gasteiger partial charge on any atom is 0.228 e. The van der Waals surface area contributed by atoms with Gasteiger partial charge in [0.15, 0.2) is 0 Å². The molecule has 1 atom stereocenters. The van der Waals surface area contributed by atoms with Crippen molar-refractivity contribution in [1.82, 2.24) is 9.21 Å². The largest absolute Gasteiger partial charge is 0.369 e. The molecule has 0 bridgehead atoms. The molecule has 2 aliphatic heterocycles. The smallest absolute Gasteiger partial charge is 0.228 e. The average molecular weight is 526 g/mol. The normalized spacial score (nSPS) is 20.3. The van der Waals surface area contributed by atoms with Gasteiger partial charge in [-0.25, -0.2) is 12.7 Å². The molecule has 10 heteroatoms. The minimum Gasteiger partial charge on any atom is -0.369 e. The Kier molecular flexibility index (Phi) is 8.05. The van der Waals surface area contributed by atoms with Crippen LogP contribution in [0.3, 0.4) is 0 Å². The van der Waals surface area contributed by atoms with Gasteiger partial charge in [-0.2, -0.15) is 0 Å². The molecule has 1 unspecified atom stereocenters. The predicted molar refractivity (Wildman–Crippen MR) is 138 cm³/mol. The number of carbonyl (C=O) groups excluding carboxylic acids is 1. The average Bonchev–Trinajstić information content (AvgIpc) is 2.83. The number of benzene rings is 2. The number of rotatable bonds is 6. The van der Waals surface area contributed by atoms with Crippen molar-refractivity contribution in [3.63, 3.8) is 0 Å². The molecule has 0 saturated carbocycles. The topological polar surface area (TPSA) is 73.0 Å². The summed E-state index contributed by atoms with van der Waals surface area (Å²) in [6.07, 6.45) is 1.26. The summed E-state index contributed by atoms with van der Waals surface area (Å²) in [6, 6.07) is 12.8. The molecule has 0 aromatic heterocycles. The molecule has 2 fully saturated rings. The molecule has 0 aliphatic carbocycles. The van der Waals surface area contributed by atoms with E-state index < -0.39 is 15.9 Å². The van der Waals surface area contributed by atoms with E-state index in [1.165, 1.54) is 4.31 Å². The summed E-state index contributed by atoms with van der Waals surface area (Å²) in [4.78, 5) is 17.6. The van der Waals surface area contributed by atoms with Crippen molar-refractivity contribution in [2.24, 2.45) is 5.92 Å². The summed E-state index contributed by atoms with van der Waals surface area (Å²) < 4.78 is 27.5. The Bertz CT molecular complexity index is 1100. The third-order valence-corrected chi connectivity index (χ3v) is 9.02. The number of nitrogens with one attached hydrogen (secondary N) is 1. The molecule has 1 amide bonds. The summed E-state index contributed by atoms with van der Waals surface area (Å²) in [5.74, 6) is -0.862. The highest BCUT2D eigenvalue weighted by Gasteiger charge is 2.33. The zero-order chi connectivity index (χ0) is 24.3. The van der Waals surface area contributed by atoms with E-state index in [4.69, 9.17) is 23.2 Å². The Balaban J connectivity index is 1.37. The van der Waals surface area contributed by atoms with Crippen LogP contribution in [0.5, 0.6) is 0 Å². The number of amides is 1. The van der Waals surface area contributed by atoms with E-state index in [1.54, 1.807) is 18.2 Å². The van der Waals surface area contributed by atoms with Crippen LogP contribution < -0.4 is 10.2 Å². The Hall–Kier alpha value is -1.84. The highest BCUT2D eigenvalue weighted by atomic mass is 35.5. The number of sulfonamides is 1. The fraction of sp³-hybridized carbons (Fsp3) is 0.458. The van der Waals surface area contributed by atoms with Crippen molar-refractivity contribution in [3.8, 4) is 0 Å². The Morgan fingerprint density at radius 2 is 1.65 bits per heavy atom. The number of carbonyl (C=O) groups is 1. The van der Waals surface area contributed by atoms with Gasteiger partial charge >= 0.3 is 0 Å². The van der Waals surface area contributed by atoms with Crippen molar-refractivity contribution in [2.45, 2.75) is 18.6 Å². The quantitative estimate of drug-likeness (QED) is 0.619. The van der Waals surface area contributed by atoms with Crippen molar-refractivity contribution in [3.05, 3.63) is 58.1 Å². The standard InChI is InChI=1S/C24H30Cl2N4O3S/c1-28-12-14-29(15-13-28)20-9-7-19(8-10-20)27-24(31)18-4-3-11-30(16-18)34(32,33)17-21-22(25)5-2-6-23(21)26/h2,5-10,18H,3-4,11-17H2,1H3,(H,27,31). The second kappa shape index (κ2) is 10.8. The first-order valence-electron chi connectivity index (χ1n) is 11.5. The number of hydrogen-bond donors (Lipinski definition) is 1. The summed E-state index contributed by atoms with van der Waals surface area (Å²) in [7, 11) is -1.54. The molecular formula is C24H30Cl2N4O3S. The molecule has 184 valence electrons. The third-order valence-electron chi connectivity index (χ3n) is 6.54. The molecule has 2 aromatic carbocycles. The van der Waals surface area contributed by atoms with E-state index in [2.05, 4.69) is 22.2 Å². The molecule has 7 nitrogen and oxygen atoms in total. The van der Waals surface area contributed by atoms with Crippen LogP contribution in [0.2, 0.25) is 10.0 Å². The monoisotopic (exact) mass is 524 g/mol. The first kappa shape index (κ1) is 25.3. The van der Waals surface area contributed by atoms with Gasteiger partial charge in [-0.05, 0) is 56.3 Å². The minimum absolute atomic E-state index is 0.148. The molecule has 0 radical (unpaired) electrons. The SMILES string of the molecule is CN1CCN(c2ccc(NC(=O)C3CCCN(S(=O)(=O)Cc4c(Cl)cccc4Cl)C3)cc2)CC1. The predicted octanol–water partition coefficient (Wildman–Crippen LogP) is 3.93. The summed E-state index contributed by atoms with van der Waals surface area (Å²) in [5.41, 5.74) is 2.24. The maximum absolute atomic E-state index is 13.1. The van der Waals surface area contributed by atoms with E-state index in [9.17, 15) is 13.2 Å². The Morgan fingerprint density at radius 3 is 2.29 bits per heavy atom. The van der Waals surface area contributed by atoms with Gasteiger partial charge in [-0.1, -0.05) is 29.3 Å². The number of likely N-dealkylation sites (N-methyl/N-ethyl adjacent to an activating group) is 1. The number of piperidine rings is 1. The van der Waals surface area contributed by atoms with E-state index in [-0.39, 0.29) is 18.2 Å². The molecule has 2 aromatic rings. The minimum atomic E-state index is -3.67. The first-order valence-corrected chi connectivity index (χ1v) is 13.8. The zero-order valence-electron chi connectivity index (χ0n) is 19.2. The molecule has 1 N–H and O–H groups in total. The number of piperazine rings is 1. The van der Waals surface area contributed by atoms with Crippen LogP contribution >= 0.6 is 23.2 Å². The first-order chi connectivity index (χ1) is 16.2. The van der Waals surface area contributed by atoms with Crippen LogP contribution in [-0.2, 0) is 20.6 Å². The van der Waals surface area contributed by atoms with Gasteiger partial charge in [0.05, 0.1) is 11.7 Å². The molecule has 2 heterocycles. The van der Waals surface area contributed by atoms with Gasteiger partial charge in [0.25, 0.3) is 0 Å². The molecule has 0 spiro atoms. The summed E-state index contributed by atoms with van der Waals surface area (Å²) >= 11 is 12.3. The van der Waals surface area contributed by atoms with Gasteiger partial charge in [-0.15, -0.1) is 0 Å². The second-order valence-electron chi connectivity index (χ2n) is 8.98. The van der Waals surface area contributed by atoms with E-state index in [0.29, 0.717) is 40.7 Å². The van der Waals surface area contributed by atoms with Crippen LogP contribution in [0.1, 0.15) is 18.4 Å². The lowest BCUT2D eigenvalue weighted by molar-refractivity contribution is -0.120. The number of hydrogen-bond acceptors (Lipinski definition) is 5. The Morgan fingerprint density at radius 1 is 1.00 bits per heavy atom. The molecule has 34 heavy (non-hydrogen) atoms. The number of anilines is 2. The van der Waals surface area contributed by atoms with E-state index in [1.807, 2.05) is 24.3 Å². The molecule has 2 saturated heterocycles. The lowest BCUT2D eigenvalue weighted by atomic mass is 9.98. The summed E-state index contributed by atoms with van der Waals surface area (Å²) in [5, 5.41) is 3.60. The second-order valence-corrected chi connectivity index (χ2v) is 11.8. The zero-order valence-corrected chi connectivity index (χ0v) is 21.5. The van der Waals surface area contributed by atoms with E-state index >= 15 is 0 Å². The molecule has 2 aliphatic rings. The summed E-state index contributed by atoms with van der Waals surface area (Å²) in [6.45, 7) is 4.55. The van der Waals surface area contributed by atoms with Gasteiger partial charge in [-0.3, -0.25) is 4.79 Å². The number of halogens is 2. The van der Waals surface area contributed by atoms with Gasteiger partial charge in [0.1, 0.15) is 0 Å². The third kappa shape index (κ3) is 6.04. The van der Waals surface area contributed by atoms with Gasteiger partial charge < -0.3 is 15.1 Å². The molecule has 4 rings (SSSR count). The maximum atomic E-state index is 13.1. The van der Waals surface area contributed by atoms with Crippen LogP contribution in [0, 0.1) is 5.92 Å². The van der Waals surface area contributed by atoms with Gasteiger partial charge in [0.2, 0.25) is 15.9 Å². The lowest BCUT2D eigenvalue weighted by Crippen LogP contribution is -2.44. The highest BCUT2D eigenvalue weighted by Crippen LogP contribution is 2.29. The molecular weight excluding hydrogens is 495 g/mol. The fourth-order valence-electron chi connectivity index (χ4n) is 4.42. The van der Waals surface area contributed by atoms with Crippen molar-refractivity contribution in [1.29, 1.82) is 0 Å². The van der Waals surface area contributed by atoms with Gasteiger partial charge in [0, 0.05) is 66.3 Å². The van der Waals surface area contributed by atoms with Crippen LogP contribution in [-0.4, -0.2) is 69.8 Å². The van der Waals surface area contributed by atoms with Crippen molar-refractivity contribution < 1.29 is 13.2 Å².